The van der Waals surface area contributed by atoms with Crippen LogP contribution in [0.5, 0.6) is 5.75 Å². The number of hydrogen-bond acceptors (Lipinski definition) is 5. The summed E-state index contributed by atoms with van der Waals surface area (Å²) in [4.78, 5) is 15.1. The number of nitrogens with zero attached hydrogens (tertiary/aromatic N) is 4. The molecule has 0 spiro atoms. The zero-order valence-electron chi connectivity index (χ0n) is 17.0. The Morgan fingerprint density at radius 1 is 1.17 bits per heavy atom. The molecular formula is C23H25N5O2. The van der Waals surface area contributed by atoms with Crippen molar-refractivity contribution in [1.82, 2.24) is 19.9 Å². The zero-order chi connectivity index (χ0) is 20.7. The van der Waals surface area contributed by atoms with E-state index >= 15 is 0 Å². The second kappa shape index (κ2) is 7.25. The maximum Gasteiger partial charge on any atom is 0.256 e. The van der Waals surface area contributed by atoms with Gasteiger partial charge >= 0.3 is 0 Å². The first-order valence-corrected chi connectivity index (χ1v) is 10.4. The number of para-hydroxylation sites is 1. The van der Waals surface area contributed by atoms with Crippen LogP contribution in [0.25, 0.3) is 0 Å². The first-order chi connectivity index (χ1) is 14.5. The number of hydrogen-bond donors (Lipinski definition) is 2. The van der Waals surface area contributed by atoms with E-state index in [-0.39, 0.29) is 5.91 Å². The largest absolute Gasteiger partial charge is 0.508 e. The summed E-state index contributed by atoms with van der Waals surface area (Å²) in [6, 6.07) is 15.3. The number of benzene rings is 2. The van der Waals surface area contributed by atoms with Crippen molar-refractivity contribution in [1.29, 1.82) is 0 Å². The molecule has 7 heteroatoms. The predicted molar refractivity (Wildman–Crippen MR) is 113 cm³/mol. The summed E-state index contributed by atoms with van der Waals surface area (Å²) in [5, 5.41) is 21.3. The number of anilines is 1. The molecule has 2 aliphatic heterocycles. The number of phenolic OH excluding ortho intramolecular Hbond substituents is 1. The Hall–Kier alpha value is -3.19. The van der Waals surface area contributed by atoms with E-state index < -0.39 is 5.54 Å². The third-order valence-corrected chi connectivity index (χ3v) is 6.46. The minimum absolute atomic E-state index is 0.0907. The molecule has 154 valence electrons. The van der Waals surface area contributed by atoms with Crippen molar-refractivity contribution in [2.45, 2.75) is 37.8 Å². The van der Waals surface area contributed by atoms with Crippen LogP contribution >= 0.6 is 0 Å². The lowest BCUT2D eigenvalue weighted by Crippen LogP contribution is -2.39. The first kappa shape index (κ1) is 18.8. The van der Waals surface area contributed by atoms with E-state index in [0.717, 1.165) is 42.9 Å². The van der Waals surface area contributed by atoms with Crippen LogP contribution in [0.3, 0.4) is 0 Å². The van der Waals surface area contributed by atoms with Gasteiger partial charge in [-0.15, -0.1) is 5.10 Å². The number of fused-ring (bicyclic) bond motifs is 1. The third kappa shape index (κ3) is 3.15. The van der Waals surface area contributed by atoms with Crippen molar-refractivity contribution < 1.29 is 9.90 Å². The standard InChI is InChI=1S/C23H25N5O2/c1-23(20-7-2-3-8-21(20)24-22(23)30)28-15-18(25-26-28)14-27-11-9-16(10-12-27)17-5-4-6-19(29)13-17/h2-8,13,15-16,29H,9-12,14H2,1H3,(H,24,30). The molecule has 2 aromatic carbocycles. The molecule has 5 rings (SSSR count). The van der Waals surface area contributed by atoms with E-state index in [1.165, 1.54) is 5.56 Å². The van der Waals surface area contributed by atoms with Crippen LogP contribution in [0.2, 0.25) is 0 Å². The summed E-state index contributed by atoms with van der Waals surface area (Å²) >= 11 is 0. The smallest absolute Gasteiger partial charge is 0.256 e. The Labute approximate surface area is 175 Å². The molecule has 0 radical (unpaired) electrons. The number of carbonyl (C=O) groups is 1. The van der Waals surface area contributed by atoms with Gasteiger partial charge in [0.25, 0.3) is 5.91 Å². The number of carbonyl (C=O) groups excluding carboxylic acids is 1. The van der Waals surface area contributed by atoms with Gasteiger partial charge in [0.05, 0.1) is 11.9 Å². The second-order valence-corrected chi connectivity index (χ2v) is 8.37. The maximum absolute atomic E-state index is 12.7. The van der Waals surface area contributed by atoms with Gasteiger partial charge < -0.3 is 10.4 Å². The zero-order valence-corrected chi connectivity index (χ0v) is 17.0. The van der Waals surface area contributed by atoms with Crippen molar-refractivity contribution in [3.63, 3.8) is 0 Å². The second-order valence-electron chi connectivity index (χ2n) is 8.37. The lowest BCUT2D eigenvalue weighted by Gasteiger charge is -2.31. The summed E-state index contributed by atoms with van der Waals surface area (Å²) in [5.41, 5.74) is 2.93. The Kier molecular flexibility index (Phi) is 4.55. The third-order valence-electron chi connectivity index (χ3n) is 6.46. The Morgan fingerprint density at radius 2 is 1.97 bits per heavy atom. The van der Waals surface area contributed by atoms with Gasteiger partial charge in [0.15, 0.2) is 5.54 Å². The average Bonchev–Trinajstić information content (AvgIpc) is 3.32. The highest BCUT2D eigenvalue weighted by atomic mass is 16.3. The SMILES string of the molecule is CC1(n2cc(CN3CCC(c4cccc(O)c4)CC3)nn2)C(=O)Nc2ccccc21. The molecule has 7 nitrogen and oxygen atoms in total. The highest BCUT2D eigenvalue weighted by Gasteiger charge is 2.45. The van der Waals surface area contributed by atoms with Crippen molar-refractivity contribution in [2.24, 2.45) is 0 Å². The highest BCUT2D eigenvalue weighted by molar-refractivity contribution is 6.05. The molecule has 3 heterocycles. The van der Waals surface area contributed by atoms with Crippen LogP contribution < -0.4 is 5.32 Å². The van der Waals surface area contributed by atoms with Crippen LogP contribution in [-0.4, -0.2) is 44.0 Å². The molecule has 30 heavy (non-hydrogen) atoms. The van der Waals surface area contributed by atoms with Crippen molar-refractivity contribution in [2.75, 3.05) is 18.4 Å². The van der Waals surface area contributed by atoms with Gasteiger partial charge in [0, 0.05) is 17.8 Å². The van der Waals surface area contributed by atoms with E-state index in [0.29, 0.717) is 18.2 Å². The quantitative estimate of drug-likeness (QED) is 0.700. The molecule has 1 amide bonds. The summed E-state index contributed by atoms with van der Waals surface area (Å²) < 4.78 is 1.68. The Morgan fingerprint density at radius 3 is 2.77 bits per heavy atom. The normalized spacial score (nSPS) is 22.1. The molecule has 0 bridgehead atoms. The van der Waals surface area contributed by atoms with Gasteiger partial charge in [-0.3, -0.25) is 9.69 Å². The summed E-state index contributed by atoms with van der Waals surface area (Å²) in [6.45, 7) is 4.53. The lowest BCUT2D eigenvalue weighted by molar-refractivity contribution is -0.121. The minimum Gasteiger partial charge on any atom is -0.508 e. The number of piperidine rings is 1. The highest BCUT2D eigenvalue weighted by Crippen LogP contribution is 2.38. The van der Waals surface area contributed by atoms with Gasteiger partial charge in [-0.05, 0) is 62.5 Å². The van der Waals surface area contributed by atoms with Crippen LogP contribution in [-0.2, 0) is 16.9 Å². The van der Waals surface area contributed by atoms with E-state index in [4.69, 9.17) is 0 Å². The molecule has 2 aliphatic rings. The molecule has 3 aromatic rings. The fourth-order valence-electron chi connectivity index (χ4n) is 4.63. The van der Waals surface area contributed by atoms with E-state index in [1.807, 2.05) is 49.5 Å². The molecule has 1 saturated heterocycles. The van der Waals surface area contributed by atoms with Gasteiger partial charge in [-0.25, -0.2) is 4.68 Å². The van der Waals surface area contributed by atoms with Gasteiger partial charge in [-0.1, -0.05) is 35.5 Å². The number of likely N-dealkylation sites (tertiary alicyclic amines) is 1. The van der Waals surface area contributed by atoms with E-state index in [1.54, 1.807) is 10.7 Å². The Balaban J connectivity index is 1.27. The number of aromatic hydroxyl groups is 1. The van der Waals surface area contributed by atoms with Gasteiger partial charge in [0.1, 0.15) is 5.75 Å². The van der Waals surface area contributed by atoms with E-state index in [9.17, 15) is 9.90 Å². The number of phenols is 1. The van der Waals surface area contributed by atoms with Gasteiger partial charge in [-0.2, -0.15) is 0 Å². The number of nitrogens with one attached hydrogen (secondary N) is 1. The molecule has 0 saturated carbocycles. The summed E-state index contributed by atoms with van der Waals surface area (Å²) in [5.74, 6) is 0.714. The fourth-order valence-corrected chi connectivity index (χ4v) is 4.63. The summed E-state index contributed by atoms with van der Waals surface area (Å²) in [6.07, 6.45) is 3.99. The molecular weight excluding hydrogens is 378 g/mol. The lowest BCUT2D eigenvalue weighted by atomic mass is 9.89. The molecule has 1 unspecified atom stereocenters. The van der Waals surface area contributed by atoms with Crippen molar-refractivity contribution in [3.8, 4) is 5.75 Å². The molecule has 1 fully saturated rings. The first-order valence-electron chi connectivity index (χ1n) is 10.4. The van der Waals surface area contributed by atoms with E-state index in [2.05, 4.69) is 26.6 Å². The number of amides is 1. The molecule has 1 atom stereocenters. The summed E-state index contributed by atoms with van der Waals surface area (Å²) in [7, 11) is 0. The Bertz CT molecular complexity index is 1090. The van der Waals surface area contributed by atoms with Crippen molar-refractivity contribution in [3.05, 3.63) is 71.5 Å². The van der Waals surface area contributed by atoms with Gasteiger partial charge in [0.2, 0.25) is 0 Å². The average molecular weight is 403 g/mol. The maximum atomic E-state index is 12.7. The number of aromatic nitrogens is 3. The van der Waals surface area contributed by atoms with Crippen LogP contribution in [0.4, 0.5) is 5.69 Å². The number of rotatable bonds is 4. The van der Waals surface area contributed by atoms with Crippen LogP contribution in [0.1, 0.15) is 42.5 Å². The minimum atomic E-state index is -0.885. The van der Waals surface area contributed by atoms with Crippen molar-refractivity contribution >= 4 is 11.6 Å². The predicted octanol–water partition coefficient (Wildman–Crippen LogP) is 3.08. The van der Waals surface area contributed by atoms with Crippen LogP contribution in [0, 0.1) is 0 Å². The fraction of sp³-hybridized carbons (Fsp3) is 0.348. The molecule has 2 N–H and O–H groups in total. The van der Waals surface area contributed by atoms with Crippen LogP contribution in [0.15, 0.2) is 54.7 Å². The molecule has 1 aromatic heterocycles. The molecule has 0 aliphatic carbocycles. The topological polar surface area (TPSA) is 83.3 Å². The monoisotopic (exact) mass is 403 g/mol.